The van der Waals surface area contributed by atoms with E-state index in [1.807, 2.05) is 18.2 Å². The maximum atomic E-state index is 6.12. The summed E-state index contributed by atoms with van der Waals surface area (Å²) in [5, 5.41) is 0.685. The first-order valence-corrected chi connectivity index (χ1v) is 7.14. The number of imidazole rings is 1. The molecule has 96 valence electrons. The van der Waals surface area contributed by atoms with E-state index in [1.54, 1.807) is 0 Å². The lowest BCUT2D eigenvalue weighted by molar-refractivity contribution is 1.33. The van der Waals surface area contributed by atoms with Crippen LogP contribution in [0.5, 0.6) is 0 Å². The molecule has 1 N–H and O–H groups in total. The van der Waals surface area contributed by atoms with Gasteiger partial charge in [0, 0.05) is 10.0 Å². The smallest absolute Gasteiger partial charge is 0.138 e. The molecule has 0 aliphatic rings. The summed E-state index contributed by atoms with van der Waals surface area (Å²) in [5.74, 6) is 0.842. The van der Waals surface area contributed by atoms with Crippen LogP contribution in [-0.4, -0.2) is 9.97 Å². The third-order valence-electron chi connectivity index (χ3n) is 3.29. The van der Waals surface area contributed by atoms with Crippen molar-refractivity contribution in [3.63, 3.8) is 0 Å². The number of nitrogens with one attached hydrogen (secondary N) is 1. The Balaban J connectivity index is 2.17. The van der Waals surface area contributed by atoms with Crippen LogP contribution in [0.2, 0.25) is 5.02 Å². The number of aromatic amines is 1. The Kier molecular flexibility index (Phi) is 3.11. The highest BCUT2D eigenvalue weighted by Crippen LogP contribution is 2.29. The van der Waals surface area contributed by atoms with E-state index in [2.05, 4.69) is 51.9 Å². The zero-order valence-corrected chi connectivity index (χ0v) is 12.9. The molecule has 0 fully saturated rings. The molecule has 0 saturated heterocycles. The Bertz CT molecular complexity index is 738. The molecule has 2 aromatic carbocycles. The van der Waals surface area contributed by atoms with Crippen LogP contribution in [0.4, 0.5) is 0 Å². The number of aryl methyl sites for hydroxylation is 2. The summed E-state index contributed by atoms with van der Waals surface area (Å²) >= 11 is 9.52. The van der Waals surface area contributed by atoms with Crippen LogP contribution in [0.3, 0.4) is 0 Å². The number of halogens is 2. The van der Waals surface area contributed by atoms with Gasteiger partial charge in [-0.3, -0.25) is 0 Å². The normalized spacial score (nSPS) is 11.2. The van der Waals surface area contributed by atoms with Crippen LogP contribution in [-0.2, 0) is 0 Å². The van der Waals surface area contributed by atoms with Crippen LogP contribution in [0.15, 0.2) is 34.8 Å². The molecule has 0 aliphatic heterocycles. The molecule has 0 bridgehead atoms. The van der Waals surface area contributed by atoms with Gasteiger partial charge in [-0.25, -0.2) is 4.98 Å². The van der Waals surface area contributed by atoms with Gasteiger partial charge in [0.25, 0.3) is 0 Å². The standard InChI is InChI=1S/C15H12BrClN2/c1-8-5-13-14(6-9(8)2)19-15(18-13)10-3-4-11(16)12(17)7-10/h3-7H,1-2H3,(H,18,19). The van der Waals surface area contributed by atoms with Crippen molar-refractivity contribution in [2.24, 2.45) is 0 Å². The van der Waals surface area contributed by atoms with Crippen LogP contribution in [0.25, 0.3) is 22.4 Å². The molecule has 4 heteroatoms. The number of benzene rings is 2. The number of fused-ring (bicyclic) bond motifs is 1. The molecule has 2 nitrogen and oxygen atoms in total. The predicted molar refractivity (Wildman–Crippen MR) is 83.7 cm³/mol. The van der Waals surface area contributed by atoms with Crippen LogP contribution >= 0.6 is 27.5 Å². The number of nitrogens with zero attached hydrogens (tertiary/aromatic N) is 1. The van der Waals surface area contributed by atoms with Gasteiger partial charge in [-0.15, -0.1) is 0 Å². The summed E-state index contributed by atoms with van der Waals surface area (Å²) < 4.78 is 0.890. The summed E-state index contributed by atoms with van der Waals surface area (Å²) in [6, 6.07) is 10.1. The van der Waals surface area contributed by atoms with E-state index >= 15 is 0 Å². The van der Waals surface area contributed by atoms with E-state index < -0.39 is 0 Å². The van der Waals surface area contributed by atoms with Crippen molar-refractivity contribution in [1.82, 2.24) is 9.97 Å². The van der Waals surface area contributed by atoms with Gasteiger partial charge in [-0.1, -0.05) is 17.7 Å². The Morgan fingerprint density at radius 3 is 2.58 bits per heavy atom. The third kappa shape index (κ3) is 2.28. The van der Waals surface area contributed by atoms with Crippen molar-refractivity contribution < 1.29 is 0 Å². The molecular weight excluding hydrogens is 324 g/mol. The first-order valence-electron chi connectivity index (χ1n) is 5.97. The van der Waals surface area contributed by atoms with Gasteiger partial charge in [0.15, 0.2) is 0 Å². The minimum Gasteiger partial charge on any atom is -0.338 e. The van der Waals surface area contributed by atoms with Crippen LogP contribution in [0, 0.1) is 13.8 Å². The lowest BCUT2D eigenvalue weighted by atomic mass is 10.1. The first-order chi connectivity index (χ1) is 9.04. The van der Waals surface area contributed by atoms with Crippen molar-refractivity contribution in [3.05, 3.63) is 51.0 Å². The number of aromatic nitrogens is 2. The van der Waals surface area contributed by atoms with E-state index in [-0.39, 0.29) is 0 Å². The molecule has 0 unspecified atom stereocenters. The average molecular weight is 336 g/mol. The molecule has 19 heavy (non-hydrogen) atoms. The first kappa shape index (κ1) is 12.7. The van der Waals surface area contributed by atoms with E-state index in [0.29, 0.717) is 5.02 Å². The molecule has 0 aliphatic carbocycles. The monoisotopic (exact) mass is 334 g/mol. The van der Waals surface area contributed by atoms with Crippen LogP contribution in [0.1, 0.15) is 11.1 Å². The van der Waals surface area contributed by atoms with E-state index in [1.165, 1.54) is 11.1 Å². The Morgan fingerprint density at radius 2 is 1.84 bits per heavy atom. The van der Waals surface area contributed by atoms with Gasteiger partial charge in [0.1, 0.15) is 5.82 Å². The van der Waals surface area contributed by atoms with Gasteiger partial charge < -0.3 is 4.98 Å². The highest BCUT2D eigenvalue weighted by Gasteiger charge is 2.08. The Morgan fingerprint density at radius 1 is 1.11 bits per heavy atom. The van der Waals surface area contributed by atoms with Crippen molar-refractivity contribution >= 4 is 38.6 Å². The van der Waals surface area contributed by atoms with Gasteiger partial charge in [0.05, 0.1) is 16.1 Å². The molecule has 0 saturated carbocycles. The summed E-state index contributed by atoms with van der Waals surface area (Å²) in [5.41, 5.74) is 5.53. The van der Waals surface area contributed by atoms with Gasteiger partial charge in [-0.2, -0.15) is 0 Å². The van der Waals surface area contributed by atoms with E-state index in [9.17, 15) is 0 Å². The quantitative estimate of drug-likeness (QED) is 0.645. The summed E-state index contributed by atoms with van der Waals surface area (Å²) in [7, 11) is 0. The zero-order valence-electron chi connectivity index (χ0n) is 10.6. The average Bonchev–Trinajstić information content (AvgIpc) is 2.76. The number of hydrogen-bond donors (Lipinski definition) is 1. The van der Waals surface area contributed by atoms with Crippen molar-refractivity contribution in [1.29, 1.82) is 0 Å². The second-order valence-electron chi connectivity index (χ2n) is 4.67. The second-order valence-corrected chi connectivity index (χ2v) is 5.93. The second kappa shape index (κ2) is 4.66. The molecule has 0 amide bonds. The van der Waals surface area contributed by atoms with Gasteiger partial charge in [-0.05, 0) is 65.2 Å². The van der Waals surface area contributed by atoms with Crippen molar-refractivity contribution in [2.75, 3.05) is 0 Å². The fourth-order valence-electron chi connectivity index (χ4n) is 2.05. The predicted octanol–water partition coefficient (Wildman–Crippen LogP) is 5.26. The molecule has 0 radical (unpaired) electrons. The maximum Gasteiger partial charge on any atom is 0.138 e. The minimum absolute atomic E-state index is 0.685. The third-order valence-corrected chi connectivity index (χ3v) is 4.52. The molecular formula is C15H12BrClN2. The SMILES string of the molecule is Cc1cc2nc(-c3ccc(Br)c(Cl)c3)[nH]c2cc1C. The van der Waals surface area contributed by atoms with Crippen molar-refractivity contribution in [2.45, 2.75) is 13.8 Å². The Labute approximate surface area is 124 Å². The molecule has 1 heterocycles. The lowest BCUT2D eigenvalue weighted by Gasteiger charge is -1.99. The summed E-state index contributed by atoms with van der Waals surface area (Å²) in [6.45, 7) is 4.20. The van der Waals surface area contributed by atoms with Crippen molar-refractivity contribution in [3.8, 4) is 11.4 Å². The van der Waals surface area contributed by atoms with E-state index in [4.69, 9.17) is 11.6 Å². The minimum atomic E-state index is 0.685. The Hall–Kier alpha value is -1.32. The molecule has 3 rings (SSSR count). The molecule has 3 aromatic rings. The van der Waals surface area contributed by atoms with E-state index in [0.717, 1.165) is 26.9 Å². The highest BCUT2D eigenvalue weighted by atomic mass is 79.9. The lowest BCUT2D eigenvalue weighted by Crippen LogP contribution is -1.80. The topological polar surface area (TPSA) is 28.7 Å². The zero-order chi connectivity index (χ0) is 13.6. The fourth-order valence-corrected chi connectivity index (χ4v) is 2.48. The number of H-pyrrole nitrogens is 1. The molecule has 0 atom stereocenters. The fraction of sp³-hybridized carbons (Fsp3) is 0.133. The largest absolute Gasteiger partial charge is 0.338 e. The summed E-state index contributed by atoms with van der Waals surface area (Å²) in [6.07, 6.45) is 0. The summed E-state index contributed by atoms with van der Waals surface area (Å²) in [4.78, 5) is 7.97. The number of rotatable bonds is 1. The maximum absolute atomic E-state index is 6.12. The molecule has 1 aromatic heterocycles. The number of hydrogen-bond acceptors (Lipinski definition) is 1. The van der Waals surface area contributed by atoms with Crippen LogP contribution < -0.4 is 0 Å². The highest BCUT2D eigenvalue weighted by molar-refractivity contribution is 9.10. The molecule has 0 spiro atoms. The van der Waals surface area contributed by atoms with Gasteiger partial charge >= 0.3 is 0 Å². The van der Waals surface area contributed by atoms with Gasteiger partial charge in [0.2, 0.25) is 0 Å².